The van der Waals surface area contributed by atoms with E-state index in [1.54, 1.807) is 6.07 Å². The van der Waals surface area contributed by atoms with E-state index in [2.05, 4.69) is 30.1 Å². The summed E-state index contributed by atoms with van der Waals surface area (Å²) in [5.41, 5.74) is 1.38. The number of H-pyrrole nitrogens is 1. The van der Waals surface area contributed by atoms with Crippen LogP contribution in [0.25, 0.3) is 11.4 Å². The van der Waals surface area contributed by atoms with Crippen molar-refractivity contribution in [1.29, 1.82) is 0 Å². The molecular formula is C16H14N6O4S. The van der Waals surface area contributed by atoms with Crippen molar-refractivity contribution in [1.82, 2.24) is 20.2 Å². The number of sulfonamides is 1. The highest BCUT2D eigenvalue weighted by Crippen LogP contribution is 2.39. The van der Waals surface area contributed by atoms with Crippen LogP contribution in [0.3, 0.4) is 0 Å². The van der Waals surface area contributed by atoms with Gasteiger partial charge in [0, 0.05) is 29.4 Å². The second kappa shape index (κ2) is 6.43. The maximum Gasteiger partial charge on any atom is 0.320 e. The van der Waals surface area contributed by atoms with Crippen molar-refractivity contribution < 1.29 is 13.5 Å². The van der Waals surface area contributed by atoms with Gasteiger partial charge in [-0.05, 0) is 37.1 Å². The number of benzene rings is 1. The van der Waals surface area contributed by atoms with Crippen molar-refractivity contribution in [3.05, 3.63) is 47.1 Å². The second-order valence-corrected chi connectivity index (χ2v) is 7.64. The minimum atomic E-state index is -4.48. The summed E-state index contributed by atoms with van der Waals surface area (Å²) in [6.07, 6.45) is 3.81. The van der Waals surface area contributed by atoms with Crippen molar-refractivity contribution in [2.24, 2.45) is 4.58 Å². The number of aromatic amines is 1. The molecule has 2 heterocycles. The molecule has 138 valence electrons. The number of rotatable bonds is 6. The van der Waals surface area contributed by atoms with E-state index in [0.29, 0.717) is 23.1 Å². The van der Waals surface area contributed by atoms with Crippen molar-refractivity contribution >= 4 is 21.7 Å². The lowest BCUT2D eigenvalue weighted by molar-refractivity contribution is 0.459. The average molecular weight is 386 g/mol. The molecule has 11 heteroatoms. The molecule has 0 bridgehead atoms. The first-order valence-electron chi connectivity index (χ1n) is 8.05. The summed E-state index contributed by atoms with van der Waals surface area (Å²) in [5.74, 6) is 1.25. The van der Waals surface area contributed by atoms with Crippen molar-refractivity contribution in [3.8, 4) is 17.1 Å². The molecule has 0 amide bonds. The minimum absolute atomic E-state index is 0.209. The van der Waals surface area contributed by atoms with E-state index in [-0.39, 0.29) is 5.82 Å². The van der Waals surface area contributed by atoms with E-state index >= 15 is 0 Å². The van der Waals surface area contributed by atoms with Gasteiger partial charge in [0.25, 0.3) is 0 Å². The molecule has 1 aliphatic carbocycles. The number of aromatic hydroxyl groups is 1. The fourth-order valence-corrected chi connectivity index (χ4v) is 3.29. The lowest BCUT2D eigenvalue weighted by atomic mass is 10.2. The highest BCUT2D eigenvalue weighted by Gasteiger charge is 2.25. The van der Waals surface area contributed by atoms with Crippen LogP contribution < -0.4 is 5.32 Å². The smallest absolute Gasteiger partial charge is 0.320 e. The van der Waals surface area contributed by atoms with E-state index in [9.17, 15) is 18.4 Å². The van der Waals surface area contributed by atoms with Gasteiger partial charge < -0.3 is 10.4 Å². The van der Waals surface area contributed by atoms with Gasteiger partial charge in [-0.3, -0.25) is 5.10 Å². The molecule has 4 rings (SSSR count). The maximum atomic E-state index is 11.7. The Hall–Kier alpha value is -3.34. The van der Waals surface area contributed by atoms with Crippen molar-refractivity contribution in [3.63, 3.8) is 0 Å². The molecule has 0 radical (unpaired) electrons. The van der Waals surface area contributed by atoms with Gasteiger partial charge in [-0.25, -0.2) is 9.97 Å². The number of nitroso groups, excluding NO2 is 1. The number of hydrogen-bond donors (Lipinski definition) is 3. The quantitative estimate of drug-likeness (QED) is 0.547. The fraction of sp³-hybridized carbons (Fsp3) is 0.188. The van der Waals surface area contributed by atoms with Gasteiger partial charge in [-0.1, -0.05) is 0 Å². The minimum Gasteiger partial charge on any atom is -0.507 e. The first kappa shape index (κ1) is 17.1. The summed E-state index contributed by atoms with van der Waals surface area (Å²) in [4.78, 5) is 18.4. The molecule has 10 nitrogen and oxygen atoms in total. The van der Waals surface area contributed by atoms with Gasteiger partial charge in [0.2, 0.25) is 0 Å². The molecule has 1 fully saturated rings. The van der Waals surface area contributed by atoms with Crippen molar-refractivity contribution in [2.75, 3.05) is 5.32 Å². The molecule has 3 N–H and O–H groups in total. The average Bonchev–Trinajstić information content (AvgIpc) is 3.42. The molecule has 0 saturated heterocycles. The summed E-state index contributed by atoms with van der Waals surface area (Å²) >= 11 is 0. The van der Waals surface area contributed by atoms with Crippen molar-refractivity contribution in [2.45, 2.75) is 23.7 Å². The second-order valence-electron chi connectivity index (χ2n) is 6.11. The zero-order valence-electron chi connectivity index (χ0n) is 13.8. The lowest BCUT2D eigenvalue weighted by Gasteiger charge is -2.06. The summed E-state index contributed by atoms with van der Waals surface area (Å²) < 4.78 is 25.4. The zero-order valence-corrected chi connectivity index (χ0v) is 14.6. The van der Waals surface area contributed by atoms with Crippen LogP contribution in [0.5, 0.6) is 5.75 Å². The van der Waals surface area contributed by atoms with E-state index in [1.165, 1.54) is 12.3 Å². The molecule has 0 spiro atoms. The van der Waals surface area contributed by atoms with Gasteiger partial charge in [0.05, 0.1) is 4.58 Å². The van der Waals surface area contributed by atoms with E-state index in [1.807, 2.05) is 6.07 Å². The number of phenols is 1. The van der Waals surface area contributed by atoms with Gasteiger partial charge in [-0.15, -0.1) is 4.91 Å². The van der Waals surface area contributed by atoms with Gasteiger partial charge >= 0.3 is 10.0 Å². The summed E-state index contributed by atoms with van der Waals surface area (Å²) in [5, 5.41) is 19.9. The SMILES string of the molecule is O=NS(=O)(=O)c1cc(-c2nccc(Nc3cc(C4CC4)[nH]n3)n2)ccc1O. The Morgan fingerprint density at radius 2 is 2.00 bits per heavy atom. The molecule has 0 unspecified atom stereocenters. The van der Waals surface area contributed by atoms with Gasteiger partial charge in [0.1, 0.15) is 16.5 Å². The third-order valence-corrected chi connectivity index (χ3v) is 5.20. The zero-order chi connectivity index (χ0) is 19.0. The van der Waals surface area contributed by atoms with E-state index < -0.39 is 20.7 Å². The predicted octanol–water partition coefficient (Wildman–Crippen LogP) is 2.65. The largest absolute Gasteiger partial charge is 0.507 e. The molecule has 1 aliphatic rings. The number of nitrogens with zero attached hydrogens (tertiary/aromatic N) is 4. The lowest BCUT2D eigenvalue weighted by Crippen LogP contribution is -1.99. The third-order valence-electron chi connectivity index (χ3n) is 4.12. The van der Waals surface area contributed by atoms with Crippen LogP contribution in [0.4, 0.5) is 11.6 Å². The number of hydrogen-bond acceptors (Lipinski definition) is 8. The Morgan fingerprint density at radius 3 is 2.74 bits per heavy atom. The maximum absolute atomic E-state index is 11.7. The van der Waals surface area contributed by atoms with Crippen LogP contribution in [0.2, 0.25) is 0 Å². The summed E-state index contributed by atoms with van der Waals surface area (Å²) in [6, 6.07) is 7.25. The standard InChI is InChI=1S/C16H14N6O4S/c23-12-4-3-10(7-13(12)27(25,26)22-24)16-17-6-5-14(19-16)18-15-8-11(20-21-15)9-1-2-9/h3-9,23H,1-2H2,(H2,17,18,19,20,21). The van der Waals surface area contributed by atoms with Crippen LogP contribution in [0.15, 0.2) is 46.0 Å². The Labute approximate surface area is 153 Å². The van der Waals surface area contributed by atoms with Gasteiger partial charge in [-0.2, -0.15) is 13.5 Å². The molecule has 1 saturated carbocycles. The number of phenolic OH excluding ortho intramolecular Hbond substituents is 1. The number of nitrogens with one attached hydrogen (secondary N) is 2. The summed E-state index contributed by atoms with van der Waals surface area (Å²) in [6.45, 7) is 0. The molecule has 3 aromatic rings. The first-order valence-corrected chi connectivity index (χ1v) is 9.49. The summed E-state index contributed by atoms with van der Waals surface area (Å²) in [7, 11) is -4.48. The molecular weight excluding hydrogens is 372 g/mol. The Balaban J connectivity index is 1.64. The molecule has 1 aromatic carbocycles. The molecule has 0 aliphatic heterocycles. The normalized spacial score (nSPS) is 14.1. The number of anilines is 2. The van der Waals surface area contributed by atoms with Crippen LogP contribution in [0.1, 0.15) is 24.5 Å². The van der Waals surface area contributed by atoms with Gasteiger partial charge in [0.15, 0.2) is 11.6 Å². The molecule has 27 heavy (non-hydrogen) atoms. The Morgan fingerprint density at radius 1 is 1.19 bits per heavy atom. The monoisotopic (exact) mass is 386 g/mol. The van der Waals surface area contributed by atoms with E-state index in [4.69, 9.17) is 0 Å². The Kier molecular flexibility index (Phi) is 4.07. The topological polar surface area (TPSA) is 150 Å². The number of aromatic nitrogens is 4. The van der Waals surface area contributed by atoms with Crippen LogP contribution >= 0.6 is 0 Å². The Bertz CT molecular complexity index is 1120. The third kappa shape index (κ3) is 3.49. The predicted molar refractivity (Wildman–Crippen MR) is 96.0 cm³/mol. The molecule has 0 atom stereocenters. The van der Waals surface area contributed by atoms with E-state index in [0.717, 1.165) is 30.7 Å². The highest BCUT2D eigenvalue weighted by molar-refractivity contribution is 7.90. The van der Waals surface area contributed by atoms with Crippen LogP contribution in [-0.4, -0.2) is 33.7 Å². The molecule has 2 aromatic heterocycles. The fourth-order valence-electron chi connectivity index (χ4n) is 2.60. The first-order chi connectivity index (χ1) is 13.0. The van der Waals surface area contributed by atoms with Crippen LogP contribution in [-0.2, 0) is 10.0 Å². The highest BCUT2D eigenvalue weighted by atomic mass is 32.2. The van der Waals surface area contributed by atoms with Crippen LogP contribution in [0, 0.1) is 4.91 Å².